The van der Waals surface area contributed by atoms with Gasteiger partial charge < -0.3 is 10.6 Å². The lowest BCUT2D eigenvalue weighted by molar-refractivity contribution is -0.133. The van der Waals surface area contributed by atoms with E-state index in [4.69, 9.17) is 5.73 Å². The maximum Gasteiger partial charge on any atom is 0.222 e. The van der Waals surface area contributed by atoms with Crippen LogP contribution < -0.4 is 5.73 Å². The van der Waals surface area contributed by atoms with Crippen molar-refractivity contribution in [2.45, 2.75) is 25.3 Å². The summed E-state index contributed by atoms with van der Waals surface area (Å²) in [6.07, 6.45) is 2.28. The van der Waals surface area contributed by atoms with Crippen LogP contribution in [0.25, 0.3) is 0 Å². The third-order valence-electron chi connectivity index (χ3n) is 3.21. The van der Waals surface area contributed by atoms with Crippen LogP contribution in [0.3, 0.4) is 0 Å². The lowest BCUT2D eigenvalue weighted by Gasteiger charge is -2.29. The van der Waals surface area contributed by atoms with Gasteiger partial charge in [-0.3, -0.25) is 4.79 Å². The van der Waals surface area contributed by atoms with Crippen molar-refractivity contribution in [3.8, 4) is 0 Å². The van der Waals surface area contributed by atoms with Crippen molar-refractivity contribution in [2.75, 3.05) is 13.1 Å². The quantitative estimate of drug-likeness (QED) is 0.896. The highest BCUT2D eigenvalue weighted by atomic mass is 19.1. The number of nitrogens with two attached hydrogens (primary N) is 1. The number of likely N-dealkylation sites (tertiary alicyclic amines) is 1. The smallest absolute Gasteiger partial charge is 0.222 e. The van der Waals surface area contributed by atoms with Crippen LogP contribution in [0.15, 0.2) is 18.2 Å². The van der Waals surface area contributed by atoms with Crippen molar-refractivity contribution in [2.24, 2.45) is 5.73 Å². The van der Waals surface area contributed by atoms with Gasteiger partial charge in [-0.15, -0.1) is 0 Å². The van der Waals surface area contributed by atoms with E-state index >= 15 is 0 Å². The van der Waals surface area contributed by atoms with Gasteiger partial charge in [0.1, 0.15) is 11.6 Å². The van der Waals surface area contributed by atoms with E-state index in [0.717, 1.165) is 12.8 Å². The van der Waals surface area contributed by atoms with Gasteiger partial charge in [-0.2, -0.15) is 0 Å². The van der Waals surface area contributed by atoms with Gasteiger partial charge in [0.2, 0.25) is 5.91 Å². The first kappa shape index (κ1) is 13.0. The SMILES string of the molecule is NC(CN1CCCCC1=O)c1c(F)cccc1F. The van der Waals surface area contributed by atoms with E-state index in [2.05, 4.69) is 0 Å². The predicted octanol–water partition coefficient (Wildman–Crippen LogP) is 1.98. The number of rotatable bonds is 3. The van der Waals surface area contributed by atoms with Crippen LogP contribution in [-0.2, 0) is 4.79 Å². The topological polar surface area (TPSA) is 46.3 Å². The molecule has 1 heterocycles. The Morgan fingerprint density at radius 1 is 1.28 bits per heavy atom. The maximum absolute atomic E-state index is 13.5. The second-order valence-electron chi connectivity index (χ2n) is 4.54. The summed E-state index contributed by atoms with van der Waals surface area (Å²) in [4.78, 5) is 13.2. The molecule has 1 fully saturated rings. The van der Waals surface area contributed by atoms with E-state index in [-0.39, 0.29) is 18.0 Å². The van der Waals surface area contributed by atoms with E-state index < -0.39 is 17.7 Å². The minimum absolute atomic E-state index is 0.00782. The molecule has 2 rings (SSSR count). The minimum atomic E-state index is -0.826. The molecular weight excluding hydrogens is 238 g/mol. The van der Waals surface area contributed by atoms with Crippen LogP contribution in [0.1, 0.15) is 30.9 Å². The van der Waals surface area contributed by atoms with Gasteiger partial charge in [0.15, 0.2) is 0 Å². The third-order valence-corrected chi connectivity index (χ3v) is 3.21. The first-order chi connectivity index (χ1) is 8.59. The molecule has 1 aliphatic heterocycles. The number of amides is 1. The largest absolute Gasteiger partial charge is 0.341 e. The Morgan fingerprint density at radius 2 is 1.94 bits per heavy atom. The molecule has 98 valence electrons. The average Bonchev–Trinajstić information content (AvgIpc) is 2.32. The molecule has 1 atom stereocenters. The highest BCUT2D eigenvalue weighted by Crippen LogP contribution is 2.21. The zero-order valence-electron chi connectivity index (χ0n) is 10.0. The summed E-state index contributed by atoms with van der Waals surface area (Å²) in [6, 6.07) is 2.83. The highest BCUT2D eigenvalue weighted by Gasteiger charge is 2.23. The Labute approximate surface area is 105 Å². The van der Waals surface area contributed by atoms with Crippen molar-refractivity contribution >= 4 is 5.91 Å². The molecule has 5 heteroatoms. The zero-order chi connectivity index (χ0) is 13.1. The van der Waals surface area contributed by atoms with Crippen LogP contribution in [0.4, 0.5) is 8.78 Å². The fraction of sp³-hybridized carbons (Fsp3) is 0.462. The molecule has 0 spiro atoms. The number of benzene rings is 1. The lowest BCUT2D eigenvalue weighted by Crippen LogP contribution is -2.40. The summed E-state index contributed by atoms with van der Waals surface area (Å²) < 4.78 is 27.1. The number of carbonyl (C=O) groups is 1. The van der Waals surface area contributed by atoms with Gasteiger partial charge in [0.05, 0.1) is 6.04 Å². The van der Waals surface area contributed by atoms with E-state index in [9.17, 15) is 13.6 Å². The van der Waals surface area contributed by atoms with E-state index in [1.165, 1.54) is 18.2 Å². The van der Waals surface area contributed by atoms with Crippen molar-refractivity contribution in [1.29, 1.82) is 0 Å². The Bertz CT molecular complexity index is 430. The molecule has 0 radical (unpaired) electrons. The molecular formula is C13H16F2N2O. The number of hydrogen-bond donors (Lipinski definition) is 1. The summed E-state index contributed by atoms with van der Waals surface area (Å²) in [5.74, 6) is -1.31. The number of hydrogen-bond acceptors (Lipinski definition) is 2. The highest BCUT2D eigenvalue weighted by molar-refractivity contribution is 5.76. The molecule has 1 amide bonds. The second kappa shape index (κ2) is 5.44. The third kappa shape index (κ3) is 2.67. The van der Waals surface area contributed by atoms with Crippen LogP contribution in [0, 0.1) is 11.6 Å². The van der Waals surface area contributed by atoms with Crippen molar-refractivity contribution in [1.82, 2.24) is 4.90 Å². The minimum Gasteiger partial charge on any atom is -0.341 e. The molecule has 0 saturated carbocycles. The summed E-state index contributed by atoms with van der Waals surface area (Å²) in [5, 5.41) is 0. The molecule has 1 aliphatic rings. The molecule has 1 aromatic rings. The number of halogens is 2. The van der Waals surface area contributed by atoms with Crippen LogP contribution in [-0.4, -0.2) is 23.9 Å². The first-order valence-electron chi connectivity index (χ1n) is 6.07. The maximum atomic E-state index is 13.5. The molecule has 0 aromatic heterocycles. The Balaban J connectivity index is 2.11. The molecule has 0 bridgehead atoms. The van der Waals surface area contributed by atoms with E-state index in [1.54, 1.807) is 4.90 Å². The van der Waals surface area contributed by atoms with Crippen molar-refractivity contribution in [3.05, 3.63) is 35.4 Å². The molecule has 3 nitrogen and oxygen atoms in total. The fourth-order valence-electron chi connectivity index (χ4n) is 2.25. The van der Waals surface area contributed by atoms with Gasteiger partial charge in [-0.1, -0.05) is 6.07 Å². The van der Waals surface area contributed by atoms with Crippen molar-refractivity contribution < 1.29 is 13.6 Å². The van der Waals surface area contributed by atoms with Gasteiger partial charge in [-0.25, -0.2) is 8.78 Å². The molecule has 1 saturated heterocycles. The summed E-state index contributed by atoms with van der Waals surface area (Å²) in [7, 11) is 0. The number of nitrogens with zero attached hydrogens (tertiary/aromatic N) is 1. The Hall–Kier alpha value is -1.49. The van der Waals surface area contributed by atoms with Gasteiger partial charge >= 0.3 is 0 Å². The summed E-state index contributed by atoms with van der Waals surface area (Å²) >= 11 is 0. The molecule has 1 aromatic carbocycles. The van der Waals surface area contributed by atoms with E-state index in [1.807, 2.05) is 0 Å². The molecule has 1 unspecified atom stereocenters. The fourth-order valence-corrected chi connectivity index (χ4v) is 2.25. The molecule has 2 N–H and O–H groups in total. The monoisotopic (exact) mass is 254 g/mol. The van der Waals surface area contributed by atoms with E-state index in [0.29, 0.717) is 13.0 Å². The predicted molar refractivity (Wildman–Crippen MR) is 63.7 cm³/mol. The Kier molecular flexibility index (Phi) is 3.91. The number of piperidine rings is 1. The average molecular weight is 254 g/mol. The first-order valence-corrected chi connectivity index (χ1v) is 6.07. The Morgan fingerprint density at radius 3 is 2.56 bits per heavy atom. The second-order valence-corrected chi connectivity index (χ2v) is 4.54. The standard InChI is InChI=1S/C13H16F2N2O/c14-9-4-3-5-10(15)13(9)11(16)8-17-7-2-1-6-12(17)18/h3-5,11H,1-2,6-8,16H2. The molecule has 0 aliphatic carbocycles. The van der Waals surface area contributed by atoms with Gasteiger partial charge in [0, 0.05) is 25.1 Å². The summed E-state index contributed by atoms with van der Waals surface area (Å²) in [6.45, 7) is 0.777. The lowest BCUT2D eigenvalue weighted by atomic mass is 10.0. The van der Waals surface area contributed by atoms with Crippen LogP contribution >= 0.6 is 0 Å². The van der Waals surface area contributed by atoms with Gasteiger partial charge in [0.25, 0.3) is 0 Å². The zero-order valence-corrected chi connectivity index (χ0v) is 10.0. The normalized spacial score (nSPS) is 17.9. The van der Waals surface area contributed by atoms with Crippen molar-refractivity contribution in [3.63, 3.8) is 0 Å². The van der Waals surface area contributed by atoms with Gasteiger partial charge in [-0.05, 0) is 25.0 Å². The number of carbonyl (C=O) groups excluding carboxylic acids is 1. The molecule has 18 heavy (non-hydrogen) atoms. The van der Waals surface area contributed by atoms with Crippen LogP contribution in [0.2, 0.25) is 0 Å². The summed E-state index contributed by atoms with van der Waals surface area (Å²) in [5.41, 5.74) is 5.67. The van der Waals surface area contributed by atoms with Crippen LogP contribution in [0.5, 0.6) is 0 Å².